The lowest BCUT2D eigenvalue weighted by Crippen LogP contribution is -2.52. The van der Waals surface area contributed by atoms with Crippen molar-refractivity contribution in [1.82, 2.24) is 9.91 Å². The third kappa shape index (κ3) is 4.38. The van der Waals surface area contributed by atoms with Crippen LogP contribution in [0.4, 0.5) is 0 Å². The number of nitrogens with zero attached hydrogens (tertiary/aromatic N) is 3. The molecule has 0 bridgehead atoms. The van der Waals surface area contributed by atoms with Crippen LogP contribution in [0.1, 0.15) is 52.0 Å². The number of benzene rings is 1. The second-order valence-corrected chi connectivity index (χ2v) is 8.59. The fraction of sp³-hybridized carbons (Fsp3) is 0.560. The molecule has 1 aromatic rings. The van der Waals surface area contributed by atoms with Gasteiger partial charge in [0.2, 0.25) is 11.8 Å². The van der Waals surface area contributed by atoms with Crippen molar-refractivity contribution in [3.8, 4) is 11.5 Å². The van der Waals surface area contributed by atoms with Gasteiger partial charge in [-0.25, -0.2) is 5.01 Å². The molecule has 4 rings (SSSR count). The molecule has 7 nitrogen and oxygen atoms in total. The Balaban J connectivity index is 1.68. The lowest BCUT2D eigenvalue weighted by atomic mass is 9.76. The zero-order valence-electron chi connectivity index (χ0n) is 19.3. The van der Waals surface area contributed by atoms with E-state index >= 15 is 0 Å². The zero-order valence-corrected chi connectivity index (χ0v) is 19.3. The Kier molecular flexibility index (Phi) is 6.82. The van der Waals surface area contributed by atoms with Crippen LogP contribution >= 0.6 is 0 Å². The van der Waals surface area contributed by atoms with Crippen LogP contribution in [-0.2, 0) is 9.59 Å². The standard InChI is InChI=1S/C25H33N3O4/c1-4-31-22-11-10-18(16-23(22)32-5-2)24-20-8-6-7-9-21(20)25(30)28(26-24)19-12-14-27(15-13-19)17(3)29/h6-7,10-11,16,19-21H,4-5,8-9,12-15H2,1-3H3/t20-,21+/m0/s1. The van der Waals surface area contributed by atoms with E-state index in [0.717, 1.165) is 42.7 Å². The molecule has 1 fully saturated rings. The number of piperidine rings is 1. The van der Waals surface area contributed by atoms with Gasteiger partial charge in [-0.1, -0.05) is 12.2 Å². The second-order valence-electron chi connectivity index (χ2n) is 8.59. The second kappa shape index (κ2) is 9.76. The molecule has 2 amide bonds. The van der Waals surface area contributed by atoms with E-state index in [2.05, 4.69) is 12.2 Å². The van der Waals surface area contributed by atoms with Crippen LogP contribution in [0.2, 0.25) is 0 Å². The van der Waals surface area contributed by atoms with Crippen LogP contribution in [0.25, 0.3) is 0 Å². The van der Waals surface area contributed by atoms with Crippen molar-refractivity contribution in [2.45, 2.75) is 52.5 Å². The monoisotopic (exact) mass is 439 g/mol. The van der Waals surface area contributed by atoms with Crippen LogP contribution < -0.4 is 9.47 Å². The number of allylic oxidation sites excluding steroid dienone is 2. The molecule has 0 radical (unpaired) electrons. The smallest absolute Gasteiger partial charge is 0.247 e. The molecule has 32 heavy (non-hydrogen) atoms. The molecule has 0 spiro atoms. The van der Waals surface area contributed by atoms with Crippen LogP contribution in [0.15, 0.2) is 35.5 Å². The number of rotatable bonds is 6. The first-order valence-corrected chi connectivity index (χ1v) is 11.8. The first-order chi connectivity index (χ1) is 15.5. The molecular formula is C25H33N3O4. The van der Waals surface area contributed by atoms with Gasteiger partial charge in [0.25, 0.3) is 0 Å². The maximum Gasteiger partial charge on any atom is 0.247 e. The van der Waals surface area contributed by atoms with E-state index < -0.39 is 0 Å². The highest BCUT2D eigenvalue weighted by Gasteiger charge is 2.43. The predicted octanol–water partition coefficient (Wildman–Crippen LogP) is 3.62. The quantitative estimate of drug-likeness (QED) is 0.635. The fourth-order valence-corrected chi connectivity index (χ4v) is 4.97. The Morgan fingerprint density at radius 1 is 1.03 bits per heavy atom. The summed E-state index contributed by atoms with van der Waals surface area (Å²) in [5, 5.41) is 6.68. The molecule has 172 valence electrons. The summed E-state index contributed by atoms with van der Waals surface area (Å²) in [5.74, 6) is 1.59. The third-order valence-corrected chi connectivity index (χ3v) is 6.64. The molecule has 1 aliphatic carbocycles. The van der Waals surface area contributed by atoms with Gasteiger partial charge >= 0.3 is 0 Å². The summed E-state index contributed by atoms with van der Waals surface area (Å²) in [6.45, 7) is 7.95. The lowest BCUT2D eigenvalue weighted by molar-refractivity contribution is -0.142. The number of hydrogen-bond acceptors (Lipinski definition) is 5. The average molecular weight is 440 g/mol. The molecule has 2 atom stereocenters. The third-order valence-electron chi connectivity index (χ3n) is 6.64. The molecule has 0 N–H and O–H groups in total. The van der Waals surface area contributed by atoms with E-state index in [9.17, 15) is 9.59 Å². The summed E-state index contributed by atoms with van der Waals surface area (Å²) in [5.41, 5.74) is 1.91. The van der Waals surface area contributed by atoms with Gasteiger partial charge in [-0.05, 0) is 57.7 Å². The maximum atomic E-state index is 13.4. The average Bonchev–Trinajstić information content (AvgIpc) is 2.81. The largest absolute Gasteiger partial charge is 0.490 e. The number of hydrogen-bond donors (Lipinski definition) is 0. The van der Waals surface area contributed by atoms with Crippen molar-refractivity contribution >= 4 is 17.5 Å². The molecule has 0 unspecified atom stereocenters. The highest BCUT2D eigenvalue weighted by atomic mass is 16.5. The van der Waals surface area contributed by atoms with Gasteiger partial charge in [-0.3, -0.25) is 9.59 Å². The number of carbonyl (C=O) groups excluding carboxylic acids is 2. The van der Waals surface area contributed by atoms with Gasteiger partial charge in [0.1, 0.15) is 0 Å². The van der Waals surface area contributed by atoms with Crippen molar-refractivity contribution in [1.29, 1.82) is 0 Å². The van der Waals surface area contributed by atoms with Crippen molar-refractivity contribution in [3.63, 3.8) is 0 Å². The van der Waals surface area contributed by atoms with Crippen LogP contribution in [0, 0.1) is 11.8 Å². The molecule has 1 aromatic carbocycles. The lowest BCUT2D eigenvalue weighted by Gasteiger charge is -2.42. The first-order valence-electron chi connectivity index (χ1n) is 11.8. The summed E-state index contributed by atoms with van der Waals surface area (Å²) in [4.78, 5) is 27.0. The van der Waals surface area contributed by atoms with Gasteiger partial charge in [0.05, 0.1) is 30.9 Å². The van der Waals surface area contributed by atoms with Gasteiger partial charge in [0.15, 0.2) is 11.5 Å². The number of hydrazone groups is 1. The molecule has 3 aliphatic rings. The van der Waals surface area contributed by atoms with E-state index in [1.54, 1.807) is 11.9 Å². The van der Waals surface area contributed by atoms with E-state index in [1.165, 1.54) is 0 Å². The number of amides is 2. The molecular weight excluding hydrogens is 406 g/mol. The Labute approximate surface area is 190 Å². The summed E-state index contributed by atoms with van der Waals surface area (Å²) in [6.07, 6.45) is 7.32. The molecule has 1 saturated heterocycles. The Morgan fingerprint density at radius 2 is 1.69 bits per heavy atom. The van der Waals surface area contributed by atoms with E-state index in [0.29, 0.717) is 32.1 Å². The van der Waals surface area contributed by atoms with Crippen molar-refractivity contribution in [2.75, 3.05) is 26.3 Å². The summed E-state index contributed by atoms with van der Waals surface area (Å²) in [7, 11) is 0. The first kappa shape index (κ1) is 22.4. The minimum atomic E-state index is -0.0968. The van der Waals surface area contributed by atoms with E-state index in [4.69, 9.17) is 14.6 Å². The van der Waals surface area contributed by atoms with Crippen LogP contribution in [0.5, 0.6) is 11.5 Å². The van der Waals surface area contributed by atoms with Gasteiger partial charge in [-0.15, -0.1) is 0 Å². The fourth-order valence-electron chi connectivity index (χ4n) is 4.97. The number of carbonyl (C=O) groups is 2. The zero-order chi connectivity index (χ0) is 22.7. The molecule has 2 heterocycles. The summed E-state index contributed by atoms with van der Waals surface area (Å²) < 4.78 is 11.6. The SMILES string of the molecule is CCOc1ccc(C2=NN(C3CCN(C(C)=O)CC3)C(=O)[C@@H]3CC=CC[C@H]23)cc1OCC. The Hall–Kier alpha value is -2.83. The highest BCUT2D eigenvalue weighted by Crippen LogP contribution is 2.38. The minimum Gasteiger partial charge on any atom is -0.490 e. The minimum absolute atomic E-state index is 0.0222. The predicted molar refractivity (Wildman–Crippen MR) is 123 cm³/mol. The molecule has 7 heteroatoms. The van der Waals surface area contributed by atoms with Crippen molar-refractivity contribution < 1.29 is 19.1 Å². The number of fused-ring (bicyclic) bond motifs is 1. The number of ether oxygens (including phenoxy) is 2. The van der Waals surface area contributed by atoms with Crippen LogP contribution in [-0.4, -0.2) is 59.8 Å². The normalized spacial score (nSPS) is 23.6. The Bertz CT molecular complexity index is 918. The molecule has 2 aliphatic heterocycles. The van der Waals surface area contributed by atoms with Crippen molar-refractivity contribution in [2.24, 2.45) is 16.9 Å². The summed E-state index contributed by atoms with van der Waals surface area (Å²) >= 11 is 0. The van der Waals surface area contributed by atoms with Gasteiger partial charge in [0, 0.05) is 31.5 Å². The van der Waals surface area contributed by atoms with Crippen molar-refractivity contribution in [3.05, 3.63) is 35.9 Å². The van der Waals surface area contributed by atoms with Gasteiger partial charge in [-0.2, -0.15) is 5.10 Å². The van der Waals surface area contributed by atoms with Crippen LogP contribution in [0.3, 0.4) is 0 Å². The highest BCUT2D eigenvalue weighted by molar-refractivity contribution is 6.07. The molecule has 0 saturated carbocycles. The summed E-state index contributed by atoms with van der Waals surface area (Å²) in [6, 6.07) is 5.98. The number of likely N-dealkylation sites (tertiary alicyclic amines) is 1. The Morgan fingerprint density at radius 3 is 2.34 bits per heavy atom. The maximum absolute atomic E-state index is 13.4. The topological polar surface area (TPSA) is 71.4 Å². The van der Waals surface area contributed by atoms with E-state index in [1.807, 2.05) is 36.9 Å². The van der Waals surface area contributed by atoms with E-state index in [-0.39, 0.29) is 29.7 Å². The van der Waals surface area contributed by atoms with Gasteiger partial charge < -0.3 is 14.4 Å². The molecule has 0 aromatic heterocycles.